The molecule has 0 aliphatic heterocycles. The van der Waals surface area contributed by atoms with E-state index in [4.69, 9.17) is 0 Å². The van der Waals surface area contributed by atoms with Crippen LogP contribution in [0, 0.1) is 22.2 Å². The Morgan fingerprint density at radius 1 is 1.28 bits per heavy atom. The van der Waals surface area contributed by atoms with Crippen LogP contribution in [0.1, 0.15) is 33.1 Å². The highest BCUT2D eigenvalue weighted by Crippen LogP contribution is 2.93. The maximum atomic E-state index is 12.7. The van der Waals surface area contributed by atoms with E-state index in [1.165, 1.54) is 12.8 Å². The van der Waals surface area contributed by atoms with Crippen molar-refractivity contribution in [2.75, 3.05) is 5.32 Å². The van der Waals surface area contributed by atoms with Gasteiger partial charge in [-0.05, 0) is 48.1 Å². The van der Waals surface area contributed by atoms with Crippen molar-refractivity contribution in [2.24, 2.45) is 22.2 Å². The van der Waals surface area contributed by atoms with E-state index in [2.05, 4.69) is 19.2 Å². The first-order valence-electron chi connectivity index (χ1n) is 6.91. The summed E-state index contributed by atoms with van der Waals surface area (Å²) in [6.45, 7) is 4.70. The van der Waals surface area contributed by atoms with Gasteiger partial charge in [0.25, 0.3) is 0 Å². The number of carbonyl (C=O) groups is 1. The second-order valence-electron chi connectivity index (χ2n) is 6.81. The molecule has 0 saturated heterocycles. The van der Waals surface area contributed by atoms with Crippen LogP contribution in [-0.2, 0) is 4.79 Å². The summed E-state index contributed by atoms with van der Waals surface area (Å²) in [5, 5.41) is 3.13. The first-order valence-corrected chi connectivity index (χ1v) is 6.91. The second-order valence-corrected chi connectivity index (χ2v) is 6.81. The molecular formula is C16H19NO. The Morgan fingerprint density at radius 3 is 2.56 bits per heavy atom. The summed E-state index contributed by atoms with van der Waals surface area (Å²) in [6.07, 6.45) is 3.57. The van der Waals surface area contributed by atoms with Gasteiger partial charge in [0, 0.05) is 5.69 Å². The minimum Gasteiger partial charge on any atom is -0.326 e. The van der Waals surface area contributed by atoms with Gasteiger partial charge in [-0.15, -0.1) is 0 Å². The molecule has 0 heterocycles. The third-order valence-corrected chi connectivity index (χ3v) is 6.63. The van der Waals surface area contributed by atoms with Gasteiger partial charge in [0.05, 0.1) is 5.41 Å². The maximum Gasteiger partial charge on any atom is 0.231 e. The van der Waals surface area contributed by atoms with Gasteiger partial charge >= 0.3 is 0 Å². The molecule has 4 atom stereocenters. The molecule has 6 rings (SSSR count). The Hall–Kier alpha value is -1.31. The predicted molar refractivity (Wildman–Crippen MR) is 71.1 cm³/mol. The lowest BCUT2D eigenvalue weighted by Crippen LogP contribution is -2.81. The van der Waals surface area contributed by atoms with Crippen molar-refractivity contribution in [3.63, 3.8) is 0 Å². The first-order chi connectivity index (χ1) is 8.55. The molecule has 0 spiro atoms. The zero-order chi connectivity index (χ0) is 12.6. The fourth-order valence-corrected chi connectivity index (χ4v) is 5.48. The lowest BCUT2D eigenvalue weighted by atomic mass is 9.21. The van der Waals surface area contributed by atoms with Crippen LogP contribution < -0.4 is 5.32 Å². The highest BCUT2D eigenvalue weighted by Gasteiger charge is 2.91. The van der Waals surface area contributed by atoms with Crippen LogP contribution in [-0.4, -0.2) is 5.91 Å². The number of carbonyl (C=O) groups excluding carboxylic acids is 1. The van der Waals surface area contributed by atoms with Gasteiger partial charge in [-0.3, -0.25) is 4.79 Å². The van der Waals surface area contributed by atoms with Crippen LogP contribution in [0.15, 0.2) is 30.3 Å². The number of hydrogen-bond donors (Lipinski definition) is 1. The summed E-state index contributed by atoms with van der Waals surface area (Å²) in [6, 6.07) is 9.85. The average molecular weight is 241 g/mol. The Kier molecular flexibility index (Phi) is 1.66. The van der Waals surface area contributed by atoms with E-state index >= 15 is 0 Å². The van der Waals surface area contributed by atoms with E-state index in [9.17, 15) is 4.79 Å². The van der Waals surface area contributed by atoms with E-state index in [0.29, 0.717) is 11.3 Å². The van der Waals surface area contributed by atoms with Crippen LogP contribution in [0.2, 0.25) is 0 Å². The normalized spacial score (nSPS) is 47.1. The number of benzene rings is 1. The molecule has 1 aromatic carbocycles. The summed E-state index contributed by atoms with van der Waals surface area (Å²) in [5.74, 6) is 0.904. The predicted octanol–water partition coefficient (Wildman–Crippen LogP) is 3.45. The van der Waals surface area contributed by atoms with E-state index in [0.717, 1.165) is 12.1 Å². The summed E-state index contributed by atoms with van der Waals surface area (Å²) in [5.41, 5.74) is 1.61. The summed E-state index contributed by atoms with van der Waals surface area (Å²) in [7, 11) is 0. The second kappa shape index (κ2) is 2.81. The van der Waals surface area contributed by atoms with Crippen LogP contribution in [0.4, 0.5) is 5.69 Å². The topological polar surface area (TPSA) is 29.1 Å². The van der Waals surface area contributed by atoms with E-state index < -0.39 is 0 Å². The number of hydrogen-bond acceptors (Lipinski definition) is 1. The van der Waals surface area contributed by atoms with Crippen molar-refractivity contribution in [2.45, 2.75) is 33.1 Å². The molecule has 18 heavy (non-hydrogen) atoms. The van der Waals surface area contributed by atoms with Gasteiger partial charge in [0.1, 0.15) is 0 Å². The average Bonchev–Trinajstić information content (AvgIpc) is 2.74. The van der Waals surface area contributed by atoms with Crippen LogP contribution in [0.25, 0.3) is 0 Å². The lowest BCUT2D eigenvalue weighted by Gasteiger charge is -2.81. The lowest BCUT2D eigenvalue weighted by molar-refractivity contribution is -0.326. The van der Waals surface area contributed by atoms with E-state index in [1.807, 2.05) is 30.3 Å². The molecule has 5 fully saturated rings. The molecule has 1 aromatic rings. The van der Waals surface area contributed by atoms with Gasteiger partial charge < -0.3 is 5.32 Å². The molecule has 5 aliphatic carbocycles. The molecule has 1 amide bonds. The molecule has 1 N–H and O–H groups in total. The minimum atomic E-state index is -0.0441. The third kappa shape index (κ3) is 0.799. The highest BCUT2D eigenvalue weighted by molar-refractivity contribution is 5.99. The van der Waals surface area contributed by atoms with Crippen molar-refractivity contribution in [3.05, 3.63) is 30.3 Å². The number of fused-ring (bicyclic) bond motifs is 1. The van der Waals surface area contributed by atoms with Crippen molar-refractivity contribution >= 4 is 11.6 Å². The van der Waals surface area contributed by atoms with Crippen LogP contribution in [0.3, 0.4) is 0 Å². The summed E-state index contributed by atoms with van der Waals surface area (Å²) < 4.78 is 0. The third-order valence-electron chi connectivity index (χ3n) is 6.63. The van der Waals surface area contributed by atoms with Crippen LogP contribution in [0.5, 0.6) is 0 Å². The van der Waals surface area contributed by atoms with Crippen LogP contribution >= 0.6 is 0 Å². The largest absolute Gasteiger partial charge is 0.326 e. The monoisotopic (exact) mass is 241 g/mol. The van der Waals surface area contributed by atoms with Gasteiger partial charge in [-0.2, -0.15) is 0 Å². The zero-order valence-electron chi connectivity index (χ0n) is 11.0. The van der Waals surface area contributed by atoms with Crippen molar-refractivity contribution in [1.29, 1.82) is 0 Å². The molecule has 2 heteroatoms. The van der Waals surface area contributed by atoms with Crippen molar-refractivity contribution in [3.8, 4) is 0 Å². The van der Waals surface area contributed by atoms with E-state index in [1.54, 1.807) is 0 Å². The van der Waals surface area contributed by atoms with Crippen molar-refractivity contribution < 1.29 is 4.79 Å². The minimum absolute atomic E-state index is 0.0441. The molecule has 0 aromatic heterocycles. The number of anilines is 1. The fourth-order valence-electron chi connectivity index (χ4n) is 5.48. The van der Waals surface area contributed by atoms with Gasteiger partial charge in [0.2, 0.25) is 5.91 Å². The van der Waals surface area contributed by atoms with Gasteiger partial charge in [0.15, 0.2) is 0 Å². The number of nitrogens with one attached hydrogen (secondary N) is 1. The SMILES string of the molecule is CC12CC3(C(=O)Nc4ccccc4)C1CCC23C. The van der Waals surface area contributed by atoms with Gasteiger partial charge in [-0.1, -0.05) is 32.0 Å². The highest BCUT2D eigenvalue weighted by atomic mass is 16.2. The van der Waals surface area contributed by atoms with E-state index in [-0.39, 0.29) is 16.7 Å². The molecule has 2 nitrogen and oxygen atoms in total. The molecule has 0 radical (unpaired) electrons. The summed E-state index contributed by atoms with van der Waals surface area (Å²) in [4.78, 5) is 12.7. The first kappa shape index (κ1) is 10.6. The number of rotatable bonds is 2. The Morgan fingerprint density at radius 2 is 2.00 bits per heavy atom. The smallest absolute Gasteiger partial charge is 0.231 e. The summed E-state index contributed by atoms with van der Waals surface area (Å²) >= 11 is 0. The molecule has 5 aliphatic rings. The Labute approximate surface area is 108 Å². The maximum absolute atomic E-state index is 12.7. The quantitative estimate of drug-likeness (QED) is 0.844. The molecule has 94 valence electrons. The standard InChI is InChI=1S/C16H19NO/c1-14-10-16(12(14)8-9-15(14,16)2)13(18)17-11-6-4-3-5-7-11/h3-7,12H,8-10H2,1-2H3,(H,17,18). The molecule has 4 bridgehead atoms. The Bertz CT molecular complexity index is 539. The van der Waals surface area contributed by atoms with Gasteiger partial charge in [-0.25, -0.2) is 0 Å². The number of amides is 1. The van der Waals surface area contributed by atoms with Crippen molar-refractivity contribution in [1.82, 2.24) is 0 Å². The molecular weight excluding hydrogens is 222 g/mol. The molecule has 4 unspecified atom stereocenters. The number of para-hydroxylation sites is 1. The fraction of sp³-hybridized carbons (Fsp3) is 0.562. The molecule has 5 saturated carbocycles. The zero-order valence-corrected chi connectivity index (χ0v) is 11.0. The Balaban J connectivity index is 1.62.